The number of carbonyl (C=O) groups is 1. The van der Waals surface area contributed by atoms with Gasteiger partial charge in [-0.3, -0.25) is 4.79 Å². The molecule has 0 aliphatic heterocycles. The van der Waals surface area contributed by atoms with E-state index in [1.165, 1.54) is 18.2 Å². The Morgan fingerprint density at radius 3 is 2.83 bits per heavy atom. The summed E-state index contributed by atoms with van der Waals surface area (Å²) >= 11 is 0. The first kappa shape index (κ1) is 12.8. The summed E-state index contributed by atoms with van der Waals surface area (Å²) in [6, 6.07) is 3.86. The summed E-state index contributed by atoms with van der Waals surface area (Å²) in [5.74, 6) is -1.04. The molecule has 4 nitrogen and oxygen atoms in total. The molecule has 18 heavy (non-hydrogen) atoms. The molecule has 4 N–H and O–H groups in total. The second kappa shape index (κ2) is 5.35. The highest BCUT2D eigenvalue weighted by Gasteiger charge is 2.25. The van der Waals surface area contributed by atoms with Crippen molar-refractivity contribution >= 4 is 11.6 Å². The zero-order valence-corrected chi connectivity index (χ0v) is 10.0. The number of aliphatic hydroxyl groups excluding tert-OH is 1. The molecule has 0 radical (unpaired) electrons. The van der Waals surface area contributed by atoms with Gasteiger partial charge >= 0.3 is 0 Å². The van der Waals surface area contributed by atoms with Gasteiger partial charge in [-0.05, 0) is 25.0 Å². The van der Waals surface area contributed by atoms with Crippen molar-refractivity contribution in [2.24, 2.45) is 0 Å². The first-order chi connectivity index (χ1) is 8.59. The fourth-order valence-electron chi connectivity index (χ4n) is 2.26. The molecule has 1 aromatic rings. The quantitative estimate of drug-likeness (QED) is 0.697. The van der Waals surface area contributed by atoms with Crippen molar-refractivity contribution in [2.75, 3.05) is 5.73 Å². The van der Waals surface area contributed by atoms with Crippen molar-refractivity contribution < 1.29 is 14.3 Å². The highest BCUT2D eigenvalue weighted by Crippen LogP contribution is 2.20. The van der Waals surface area contributed by atoms with Crippen LogP contribution in [0.5, 0.6) is 0 Å². The lowest BCUT2D eigenvalue weighted by molar-refractivity contribution is 0.0717. The number of hydrogen-bond donors (Lipinski definition) is 3. The van der Waals surface area contributed by atoms with Crippen LogP contribution in [0, 0.1) is 5.82 Å². The number of nitrogens with two attached hydrogens (primary N) is 1. The topological polar surface area (TPSA) is 75.4 Å². The van der Waals surface area contributed by atoms with Gasteiger partial charge in [0.25, 0.3) is 5.91 Å². The van der Waals surface area contributed by atoms with E-state index in [2.05, 4.69) is 5.32 Å². The van der Waals surface area contributed by atoms with Crippen molar-refractivity contribution in [3.63, 3.8) is 0 Å². The number of anilines is 1. The van der Waals surface area contributed by atoms with Crippen LogP contribution in [0.2, 0.25) is 0 Å². The zero-order chi connectivity index (χ0) is 13.1. The molecular formula is C13H17FN2O2. The van der Waals surface area contributed by atoms with Gasteiger partial charge in [0.15, 0.2) is 0 Å². The van der Waals surface area contributed by atoms with Gasteiger partial charge in [-0.1, -0.05) is 18.9 Å². The molecule has 0 aromatic heterocycles. The number of aliphatic hydroxyl groups is 1. The van der Waals surface area contributed by atoms with Gasteiger partial charge < -0.3 is 16.2 Å². The fraction of sp³-hybridized carbons (Fsp3) is 0.462. The molecule has 2 atom stereocenters. The average molecular weight is 252 g/mol. The molecule has 1 aromatic carbocycles. The van der Waals surface area contributed by atoms with Gasteiger partial charge in [-0.2, -0.15) is 0 Å². The molecule has 1 fully saturated rings. The molecule has 1 saturated carbocycles. The highest BCUT2D eigenvalue weighted by molar-refractivity contribution is 5.99. The molecule has 0 spiro atoms. The van der Waals surface area contributed by atoms with Gasteiger partial charge in [-0.25, -0.2) is 4.39 Å². The molecular weight excluding hydrogens is 235 g/mol. The van der Waals surface area contributed by atoms with E-state index in [4.69, 9.17) is 5.73 Å². The van der Waals surface area contributed by atoms with E-state index in [9.17, 15) is 14.3 Å². The summed E-state index contributed by atoms with van der Waals surface area (Å²) < 4.78 is 13.2. The summed E-state index contributed by atoms with van der Waals surface area (Å²) in [4.78, 5) is 12.0. The highest BCUT2D eigenvalue weighted by atomic mass is 19.1. The summed E-state index contributed by atoms with van der Waals surface area (Å²) in [6.45, 7) is 0. The van der Waals surface area contributed by atoms with Crippen LogP contribution in [0.4, 0.5) is 10.1 Å². The number of carbonyl (C=O) groups excluding carboxylic acids is 1. The molecule has 1 amide bonds. The second-order valence-electron chi connectivity index (χ2n) is 4.63. The number of hydrogen-bond acceptors (Lipinski definition) is 3. The Balaban J connectivity index is 2.09. The normalized spacial score (nSPS) is 23.7. The Morgan fingerprint density at radius 2 is 2.11 bits per heavy atom. The number of halogens is 1. The van der Waals surface area contributed by atoms with E-state index in [1.807, 2.05) is 0 Å². The van der Waals surface area contributed by atoms with Gasteiger partial charge in [0, 0.05) is 0 Å². The number of para-hydroxylation sites is 1. The van der Waals surface area contributed by atoms with Crippen LogP contribution in [0.3, 0.4) is 0 Å². The zero-order valence-electron chi connectivity index (χ0n) is 10.0. The van der Waals surface area contributed by atoms with Crippen LogP contribution in [0.15, 0.2) is 18.2 Å². The maximum atomic E-state index is 13.2. The fourth-order valence-corrected chi connectivity index (χ4v) is 2.26. The van der Waals surface area contributed by atoms with Gasteiger partial charge in [0.1, 0.15) is 5.82 Å². The third-order valence-corrected chi connectivity index (χ3v) is 3.34. The van der Waals surface area contributed by atoms with Crippen molar-refractivity contribution in [2.45, 2.75) is 37.8 Å². The van der Waals surface area contributed by atoms with Gasteiger partial charge in [0.05, 0.1) is 23.4 Å². The Kier molecular flexibility index (Phi) is 3.81. The predicted octanol–water partition coefficient (Wildman–Crippen LogP) is 1.44. The molecule has 1 aliphatic rings. The van der Waals surface area contributed by atoms with Crippen molar-refractivity contribution in [1.82, 2.24) is 5.32 Å². The lowest BCUT2D eigenvalue weighted by Gasteiger charge is -2.28. The molecule has 1 aliphatic carbocycles. The molecule has 0 bridgehead atoms. The van der Waals surface area contributed by atoms with E-state index in [1.54, 1.807) is 0 Å². The molecule has 5 heteroatoms. The minimum Gasteiger partial charge on any atom is -0.396 e. The van der Waals surface area contributed by atoms with Crippen LogP contribution in [-0.4, -0.2) is 23.2 Å². The Morgan fingerprint density at radius 1 is 1.39 bits per heavy atom. The third-order valence-electron chi connectivity index (χ3n) is 3.34. The van der Waals surface area contributed by atoms with Crippen LogP contribution in [0.1, 0.15) is 36.0 Å². The monoisotopic (exact) mass is 252 g/mol. The minimum atomic E-state index is -0.605. The predicted molar refractivity (Wildman–Crippen MR) is 66.5 cm³/mol. The van der Waals surface area contributed by atoms with Crippen LogP contribution >= 0.6 is 0 Å². The Bertz CT molecular complexity index is 451. The van der Waals surface area contributed by atoms with Gasteiger partial charge in [-0.15, -0.1) is 0 Å². The Hall–Kier alpha value is -1.62. The first-order valence-electron chi connectivity index (χ1n) is 6.12. The van der Waals surface area contributed by atoms with E-state index < -0.39 is 17.8 Å². The number of amides is 1. The third kappa shape index (κ3) is 2.61. The van der Waals surface area contributed by atoms with E-state index in [0.29, 0.717) is 6.42 Å². The van der Waals surface area contributed by atoms with Gasteiger partial charge in [0.2, 0.25) is 0 Å². The minimum absolute atomic E-state index is 0.118. The molecule has 0 unspecified atom stereocenters. The second-order valence-corrected chi connectivity index (χ2v) is 4.63. The molecule has 98 valence electrons. The lowest BCUT2D eigenvalue weighted by Crippen LogP contribution is -2.45. The largest absolute Gasteiger partial charge is 0.396 e. The van der Waals surface area contributed by atoms with E-state index >= 15 is 0 Å². The average Bonchev–Trinajstić information content (AvgIpc) is 2.35. The number of benzene rings is 1. The van der Waals surface area contributed by atoms with Crippen LogP contribution in [0.25, 0.3) is 0 Å². The maximum absolute atomic E-state index is 13.2. The molecule has 2 rings (SSSR count). The van der Waals surface area contributed by atoms with Crippen LogP contribution in [-0.2, 0) is 0 Å². The number of nitrogen functional groups attached to an aromatic ring is 1. The Labute approximate surface area is 105 Å². The summed E-state index contributed by atoms with van der Waals surface area (Å²) in [5.41, 5.74) is 5.49. The number of nitrogens with one attached hydrogen (secondary N) is 1. The van der Waals surface area contributed by atoms with Crippen LogP contribution < -0.4 is 11.1 Å². The van der Waals surface area contributed by atoms with E-state index in [0.717, 1.165) is 19.3 Å². The number of rotatable bonds is 2. The molecule has 0 saturated heterocycles. The van der Waals surface area contributed by atoms with Crippen molar-refractivity contribution in [3.8, 4) is 0 Å². The van der Waals surface area contributed by atoms with E-state index in [-0.39, 0.29) is 17.3 Å². The van der Waals surface area contributed by atoms with Crippen molar-refractivity contribution in [1.29, 1.82) is 0 Å². The standard InChI is InChI=1S/C13H17FN2O2/c14-9-5-3-4-8(12(9)15)13(18)16-10-6-1-2-7-11(10)17/h3-5,10-11,17H,1-2,6-7,15H2,(H,16,18)/t10-,11-/m0/s1. The smallest absolute Gasteiger partial charge is 0.253 e. The molecule has 0 heterocycles. The first-order valence-corrected chi connectivity index (χ1v) is 6.12. The summed E-state index contributed by atoms with van der Waals surface area (Å²) in [7, 11) is 0. The SMILES string of the molecule is Nc1c(F)cccc1C(=O)N[C@H]1CCCC[C@@H]1O. The lowest BCUT2D eigenvalue weighted by atomic mass is 9.92. The summed E-state index contributed by atoms with van der Waals surface area (Å²) in [6.07, 6.45) is 2.83. The maximum Gasteiger partial charge on any atom is 0.253 e. The summed E-state index contributed by atoms with van der Waals surface area (Å²) in [5, 5.41) is 12.5. The van der Waals surface area contributed by atoms with Crippen molar-refractivity contribution in [3.05, 3.63) is 29.6 Å².